The molecule has 102 valence electrons. The van der Waals surface area contributed by atoms with Crippen LogP contribution in [0.1, 0.15) is 22.8 Å². The molecule has 0 saturated carbocycles. The number of halogens is 2. The number of hydrogen-bond donors (Lipinski definition) is 0. The third kappa shape index (κ3) is 2.14. The first-order valence-corrected chi connectivity index (χ1v) is 7.24. The lowest BCUT2D eigenvalue weighted by molar-refractivity contribution is 0.0981. The summed E-state index contributed by atoms with van der Waals surface area (Å²) >= 11 is 3.10. The van der Waals surface area contributed by atoms with Gasteiger partial charge in [0.25, 0.3) is 5.91 Å². The second-order valence-corrected chi connectivity index (χ2v) is 5.84. The van der Waals surface area contributed by atoms with Crippen LogP contribution in [0.4, 0.5) is 10.1 Å². The van der Waals surface area contributed by atoms with Gasteiger partial charge in [-0.3, -0.25) is 4.79 Å². The maximum Gasteiger partial charge on any atom is 0.258 e. The number of para-hydroxylation sites is 1. The number of anilines is 1. The molecular weight excluding hydrogens is 321 g/mol. The normalized spacial score (nSPS) is 17.1. The molecule has 2 nitrogen and oxygen atoms in total. The van der Waals surface area contributed by atoms with Gasteiger partial charge in [0.15, 0.2) is 0 Å². The summed E-state index contributed by atoms with van der Waals surface area (Å²) in [6.07, 6.45) is 0.834. The lowest BCUT2D eigenvalue weighted by Gasteiger charge is -2.22. The summed E-state index contributed by atoms with van der Waals surface area (Å²) in [6, 6.07) is 12.4. The van der Waals surface area contributed by atoms with Crippen molar-refractivity contribution < 1.29 is 9.18 Å². The molecule has 1 aliphatic heterocycles. The zero-order chi connectivity index (χ0) is 14.3. The van der Waals surface area contributed by atoms with Gasteiger partial charge in [-0.05, 0) is 59.1 Å². The molecule has 0 aliphatic carbocycles. The Bertz CT molecular complexity index is 686. The quantitative estimate of drug-likeness (QED) is 0.766. The smallest absolute Gasteiger partial charge is 0.258 e. The Morgan fingerprint density at radius 2 is 2.05 bits per heavy atom. The summed E-state index contributed by atoms with van der Waals surface area (Å²) in [5, 5.41) is 0. The van der Waals surface area contributed by atoms with Gasteiger partial charge in [-0.1, -0.05) is 18.2 Å². The molecule has 0 saturated heterocycles. The third-order valence-electron chi connectivity index (χ3n) is 3.59. The molecule has 4 heteroatoms. The van der Waals surface area contributed by atoms with Gasteiger partial charge >= 0.3 is 0 Å². The van der Waals surface area contributed by atoms with E-state index in [9.17, 15) is 9.18 Å². The van der Waals surface area contributed by atoms with Crippen molar-refractivity contribution >= 4 is 27.5 Å². The fraction of sp³-hybridized carbons (Fsp3) is 0.188. The van der Waals surface area contributed by atoms with Crippen molar-refractivity contribution in [3.05, 3.63) is 63.9 Å². The van der Waals surface area contributed by atoms with Crippen LogP contribution in [0.25, 0.3) is 0 Å². The van der Waals surface area contributed by atoms with Gasteiger partial charge in [-0.2, -0.15) is 0 Å². The predicted octanol–water partition coefficient (Wildman–Crippen LogP) is 4.18. The Labute approximate surface area is 125 Å². The fourth-order valence-corrected chi connectivity index (χ4v) is 2.89. The van der Waals surface area contributed by atoms with Crippen LogP contribution < -0.4 is 4.90 Å². The van der Waals surface area contributed by atoms with E-state index in [1.54, 1.807) is 17.0 Å². The van der Waals surface area contributed by atoms with E-state index in [-0.39, 0.29) is 11.9 Å². The second kappa shape index (κ2) is 5.02. The van der Waals surface area contributed by atoms with Crippen molar-refractivity contribution in [2.75, 3.05) is 4.90 Å². The summed E-state index contributed by atoms with van der Waals surface area (Å²) in [5.74, 6) is -0.579. The molecule has 1 atom stereocenters. The number of benzene rings is 2. The van der Waals surface area contributed by atoms with E-state index in [4.69, 9.17) is 0 Å². The van der Waals surface area contributed by atoms with Crippen molar-refractivity contribution in [1.82, 2.24) is 0 Å². The lowest BCUT2D eigenvalue weighted by atomic mass is 10.1. The first-order chi connectivity index (χ1) is 9.58. The van der Waals surface area contributed by atoms with E-state index in [2.05, 4.69) is 15.9 Å². The predicted molar refractivity (Wildman–Crippen MR) is 80.5 cm³/mol. The highest BCUT2D eigenvalue weighted by atomic mass is 79.9. The molecule has 1 heterocycles. The Kier molecular flexibility index (Phi) is 3.34. The Hall–Kier alpha value is -1.68. The maximum absolute atomic E-state index is 13.6. The molecule has 2 aromatic carbocycles. The van der Waals surface area contributed by atoms with Gasteiger partial charge in [0, 0.05) is 17.3 Å². The molecule has 0 N–H and O–H groups in total. The molecule has 3 rings (SSSR count). The van der Waals surface area contributed by atoms with E-state index in [0.29, 0.717) is 10.0 Å². The molecule has 2 aromatic rings. The van der Waals surface area contributed by atoms with Crippen molar-refractivity contribution in [3.63, 3.8) is 0 Å². The summed E-state index contributed by atoms with van der Waals surface area (Å²) in [7, 11) is 0. The maximum atomic E-state index is 13.6. The molecule has 1 aliphatic rings. The molecular formula is C16H13BrFNO. The molecule has 20 heavy (non-hydrogen) atoms. The molecule has 1 unspecified atom stereocenters. The standard InChI is InChI=1S/C16H13BrFNO/c1-10-8-11-4-2-3-5-15(11)19(10)16(20)12-6-7-13(17)14(18)9-12/h2-7,9-10H,8H2,1H3. The Morgan fingerprint density at radius 1 is 1.30 bits per heavy atom. The highest BCUT2D eigenvalue weighted by Gasteiger charge is 2.31. The summed E-state index contributed by atoms with van der Waals surface area (Å²) in [5.41, 5.74) is 2.45. The van der Waals surface area contributed by atoms with E-state index in [1.165, 1.54) is 6.07 Å². The fourth-order valence-electron chi connectivity index (χ4n) is 2.64. The zero-order valence-corrected chi connectivity index (χ0v) is 12.5. The Morgan fingerprint density at radius 3 is 2.80 bits per heavy atom. The number of nitrogens with zero attached hydrogens (tertiary/aromatic N) is 1. The molecule has 0 spiro atoms. The van der Waals surface area contributed by atoms with Crippen LogP contribution in [0.5, 0.6) is 0 Å². The number of hydrogen-bond acceptors (Lipinski definition) is 1. The molecule has 0 fully saturated rings. The van der Waals surface area contributed by atoms with Crippen LogP contribution in [-0.4, -0.2) is 11.9 Å². The third-order valence-corrected chi connectivity index (χ3v) is 4.24. The highest BCUT2D eigenvalue weighted by Crippen LogP contribution is 2.33. The number of amides is 1. The van der Waals surface area contributed by atoms with Gasteiger partial charge in [-0.15, -0.1) is 0 Å². The van der Waals surface area contributed by atoms with Gasteiger partial charge in [0.05, 0.1) is 4.47 Å². The van der Waals surface area contributed by atoms with Crippen molar-refractivity contribution in [2.24, 2.45) is 0 Å². The minimum Gasteiger partial charge on any atom is -0.305 e. The zero-order valence-electron chi connectivity index (χ0n) is 10.9. The number of fused-ring (bicyclic) bond motifs is 1. The second-order valence-electron chi connectivity index (χ2n) is 4.99. The number of carbonyl (C=O) groups excluding carboxylic acids is 1. The minimum absolute atomic E-state index is 0.0895. The average molecular weight is 334 g/mol. The topological polar surface area (TPSA) is 20.3 Å². The van der Waals surface area contributed by atoms with Gasteiger partial charge in [-0.25, -0.2) is 4.39 Å². The van der Waals surface area contributed by atoms with Crippen LogP contribution >= 0.6 is 15.9 Å². The van der Waals surface area contributed by atoms with E-state index < -0.39 is 5.82 Å². The SMILES string of the molecule is CC1Cc2ccccc2N1C(=O)c1ccc(Br)c(F)c1. The van der Waals surface area contributed by atoms with Crippen molar-refractivity contribution in [2.45, 2.75) is 19.4 Å². The van der Waals surface area contributed by atoms with Crippen molar-refractivity contribution in [3.8, 4) is 0 Å². The van der Waals surface area contributed by atoms with E-state index >= 15 is 0 Å². The number of carbonyl (C=O) groups is 1. The van der Waals surface area contributed by atoms with E-state index in [1.807, 2.05) is 31.2 Å². The van der Waals surface area contributed by atoms with Crippen LogP contribution in [0.3, 0.4) is 0 Å². The van der Waals surface area contributed by atoms with E-state index in [0.717, 1.165) is 17.7 Å². The first kappa shape index (κ1) is 13.3. The van der Waals surface area contributed by atoms with Gasteiger partial charge < -0.3 is 4.90 Å². The molecule has 0 aromatic heterocycles. The van der Waals surface area contributed by atoms with Crippen LogP contribution in [0.15, 0.2) is 46.9 Å². The lowest BCUT2D eigenvalue weighted by Crippen LogP contribution is -2.35. The molecule has 1 amide bonds. The summed E-state index contributed by atoms with van der Waals surface area (Å²) < 4.78 is 14.0. The summed E-state index contributed by atoms with van der Waals surface area (Å²) in [6.45, 7) is 2.01. The van der Waals surface area contributed by atoms with Crippen LogP contribution in [0, 0.1) is 5.82 Å². The van der Waals surface area contributed by atoms with Crippen molar-refractivity contribution in [1.29, 1.82) is 0 Å². The minimum atomic E-state index is -0.420. The molecule has 0 radical (unpaired) electrons. The largest absolute Gasteiger partial charge is 0.305 e. The monoisotopic (exact) mass is 333 g/mol. The summed E-state index contributed by atoms with van der Waals surface area (Å²) in [4.78, 5) is 14.4. The Balaban J connectivity index is 2.00. The number of rotatable bonds is 1. The molecule has 0 bridgehead atoms. The van der Waals surface area contributed by atoms with Crippen LogP contribution in [0.2, 0.25) is 0 Å². The van der Waals surface area contributed by atoms with Crippen LogP contribution in [-0.2, 0) is 6.42 Å². The average Bonchev–Trinajstić information content (AvgIpc) is 2.77. The van der Waals surface area contributed by atoms with Gasteiger partial charge in [0.1, 0.15) is 5.82 Å². The van der Waals surface area contributed by atoms with Gasteiger partial charge in [0.2, 0.25) is 0 Å². The highest BCUT2D eigenvalue weighted by molar-refractivity contribution is 9.10. The first-order valence-electron chi connectivity index (χ1n) is 6.44.